The van der Waals surface area contributed by atoms with Gasteiger partial charge in [-0.25, -0.2) is 4.98 Å². The molecule has 1 amide bonds. The van der Waals surface area contributed by atoms with Crippen LogP contribution in [0.3, 0.4) is 0 Å². The molecule has 1 aromatic heterocycles. The molecule has 1 unspecified atom stereocenters. The number of aromatic nitrogens is 1. The first-order valence-electron chi connectivity index (χ1n) is 12.4. The summed E-state index contributed by atoms with van der Waals surface area (Å²) in [5.74, 6) is 1.03. The van der Waals surface area contributed by atoms with Crippen molar-refractivity contribution in [1.29, 1.82) is 0 Å². The molecule has 0 aliphatic heterocycles. The largest absolute Gasteiger partial charge is 0.497 e. The number of amides is 1. The fraction of sp³-hybridized carbons (Fsp3) is 0.333. The third-order valence-corrected chi connectivity index (χ3v) is 7.55. The summed E-state index contributed by atoms with van der Waals surface area (Å²) in [4.78, 5) is 18.0. The molecule has 4 rings (SSSR count). The Hall–Kier alpha value is -3.18. The van der Waals surface area contributed by atoms with Gasteiger partial charge in [-0.3, -0.25) is 4.79 Å². The number of allylic oxidation sites excluding steroid dienone is 2. The van der Waals surface area contributed by atoms with Gasteiger partial charge in [-0.2, -0.15) is 0 Å². The second-order valence-electron chi connectivity index (χ2n) is 9.15. The van der Waals surface area contributed by atoms with Crippen LogP contribution in [0, 0.1) is 12.8 Å². The van der Waals surface area contributed by atoms with Crippen LogP contribution in [-0.4, -0.2) is 24.5 Å². The molecule has 5 heteroatoms. The number of hydrogen-bond donors (Lipinski definition) is 1. The molecular formula is C30H34N2O2S. The van der Waals surface area contributed by atoms with Crippen LogP contribution >= 0.6 is 11.3 Å². The number of hydrogen-bond acceptors (Lipinski definition) is 4. The number of carbonyl (C=O) groups is 1. The molecule has 1 aliphatic rings. The number of unbranched alkanes of at least 4 members (excludes halogenated alkanes) is 1. The first-order chi connectivity index (χ1) is 17.0. The Bertz CT molecular complexity index is 1220. The average Bonchev–Trinajstić information content (AvgIpc) is 3.49. The number of benzene rings is 2. The zero-order chi connectivity index (χ0) is 24.8. The lowest BCUT2D eigenvalue weighted by atomic mass is 9.88. The molecule has 0 saturated heterocycles. The summed E-state index contributed by atoms with van der Waals surface area (Å²) < 4.78 is 5.29. The predicted octanol–water partition coefficient (Wildman–Crippen LogP) is 7.01. The first kappa shape index (κ1) is 24.9. The van der Waals surface area contributed by atoms with E-state index >= 15 is 0 Å². The van der Waals surface area contributed by atoms with Gasteiger partial charge in [-0.15, -0.1) is 11.3 Å². The molecule has 1 N–H and O–H groups in total. The van der Waals surface area contributed by atoms with Gasteiger partial charge in [0.05, 0.1) is 12.8 Å². The summed E-state index contributed by atoms with van der Waals surface area (Å²) in [6.07, 6.45) is 6.03. The average molecular weight is 487 g/mol. The molecule has 0 spiro atoms. The van der Waals surface area contributed by atoms with Gasteiger partial charge < -0.3 is 10.1 Å². The van der Waals surface area contributed by atoms with Crippen LogP contribution in [0.5, 0.6) is 5.75 Å². The van der Waals surface area contributed by atoms with Crippen molar-refractivity contribution in [1.82, 2.24) is 10.3 Å². The first-order valence-corrected chi connectivity index (χ1v) is 13.2. The fourth-order valence-corrected chi connectivity index (χ4v) is 5.31. The molecule has 3 aromatic rings. The summed E-state index contributed by atoms with van der Waals surface area (Å²) in [7, 11) is 1.67. The highest BCUT2D eigenvalue weighted by Crippen LogP contribution is 2.42. The Kier molecular flexibility index (Phi) is 8.19. The Labute approximate surface area is 212 Å². The number of methoxy groups -OCH3 is 1. The second kappa shape index (κ2) is 11.5. The van der Waals surface area contributed by atoms with Crippen molar-refractivity contribution in [2.45, 2.75) is 46.5 Å². The van der Waals surface area contributed by atoms with Gasteiger partial charge in [0.1, 0.15) is 10.8 Å². The van der Waals surface area contributed by atoms with Crippen LogP contribution < -0.4 is 10.1 Å². The van der Waals surface area contributed by atoms with Crippen LogP contribution in [0.1, 0.15) is 49.9 Å². The Morgan fingerprint density at radius 1 is 1.09 bits per heavy atom. The highest BCUT2D eigenvalue weighted by molar-refractivity contribution is 7.13. The molecule has 1 aliphatic carbocycles. The highest BCUT2D eigenvalue weighted by atomic mass is 32.1. The minimum Gasteiger partial charge on any atom is -0.497 e. The molecule has 1 heterocycles. The van der Waals surface area contributed by atoms with Crippen molar-refractivity contribution in [3.05, 3.63) is 88.0 Å². The quantitative estimate of drug-likeness (QED) is 0.314. The van der Waals surface area contributed by atoms with E-state index in [0.29, 0.717) is 6.54 Å². The summed E-state index contributed by atoms with van der Waals surface area (Å²) in [6.45, 7) is 7.06. The molecule has 4 nitrogen and oxygen atoms in total. The second-order valence-corrected chi connectivity index (χ2v) is 10.0. The van der Waals surface area contributed by atoms with Crippen LogP contribution in [0.25, 0.3) is 16.1 Å². The number of ether oxygens (including phenoxy) is 1. The van der Waals surface area contributed by atoms with E-state index in [-0.39, 0.29) is 11.8 Å². The Morgan fingerprint density at radius 3 is 2.51 bits per heavy atom. The molecule has 0 saturated carbocycles. The van der Waals surface area contributed by atoms with Crippen LogP contribution in [0.15, 0.2) is 71.1 Å². The third kappa shape index (κ3) is 5.91. The van der Waals surface area contributed by atoms with E-state index in [9.17, 15) is 4.79 Å². The minimum atomic E-state index is 0.0249. The fourth-order valence-electron chi connectivity index (χ4n) is 4.47. The van der Waals surface area contributed by atoms with Crippen LogP contribution in [-0.2, 0) is 11.2 Å². The van der Waals surface area contributed by atoms with E-state index in [0.717, 1.165) is 64.4 Å². The van der Waals surface area contributed by atoms with Gasteiger partial charge in [-0.1, -0.05) is 48.7 Å². The summed E-state index contributed by atoms with van der Waals surface area (Å²) in [6, 6.07) is 16.7. The van der Waals surface area contributed by atoms with Crippen molar-refractivity contribution in [2.24, 2.45) is 5.92 Å². The number of rotatable bonds is 10. The highest BCUT2D eigenvalue weighted by Gasteiger charge is 2.30. The van der Waals surface area contributed by atoms with Gasteiger partial charge in [0.2, 0.25) is 0 Å². The van der Waals surface area contributed by atoms with E-state index in [2.05, 4.69) is 61.8 Å². The van der Waals surface area contributed by atoms with Gasteiger partial charge in [0, 0.05) is 29.0 Å². The molecule has 1 atom stereocenters. The van der Waals surface area contributed by atoms with Crippen molar-refractivity contribution >= 4 is 22.8 Å². The standard InChI is InChI=1S/C30H34N2O2S/c1-5-6-17-31-29(33)26-18-27(25(21(26)3)16-11-22-9-7-20(2)8-10-22)28-19-35-30(32-28)23-12-14-24(34-4)15-13-23/h7-10,12-15,18-19,25H,5-6,11,16-17H2,1-4H3,(H,31,33). The third-order valence-electron chi connectivity index (χ3n) is 6.66. The minimum absolute atomic E-state index is 0.0249. The normalized spacial score (nSPS) is 15.3. The Balaban J connectivity index is 1.60. The molecule has 35 heavy (non-hydrogen) atoms. The molecule has 0 bridgehead atoms. The number of aryl methyl sites for hydroxylation is 2. The molecule has 2 aromatic carbocycles. The zero-order valence-electron chi connectivity index (χ0n) is 21.1. The number of carbonyl (C=O) groups excluding carboxylic acids is 1. The summed E-state index contributed by atoms with van der Waals surface area (Å²) in [5, 5.41) is 6.19. The van der Waals surface area contributed by atoms with Gasteiger partial charge in [0.15, 0.2) is 0 Å². The van der Waals surface area contributed by atoms with E-state index < -0.39 is 0 Å². The lowest BCUT2D eigenvalue weighted by molar-refractivity contribution is -0.117. The number of nitrogens with zero attached hydrogens (tertiary/aromatic N) is 1. The SMILES string of the molecule is CCCCNC(=O)C1=C(C)C(CCc2ccc(C)cc2)C(c2csc(-c3ccc(OC)cc3)n2)=C1. The van der Waals surface area contributed by atoms with Crippen molar-refractivity contribution < 1.29 is 9.53 Å². The predicted molar refractivity (Wildman–Crippen MR) is 146 cm³/mol. The smallest absolute Gasteiger partial charge is 0.251 e. The maximum atomic E-state index is 13.0. The molecule has 182 valence electrons. The maximum absolute atomic E-state index is 13.0. The molecule has 0 fully saturated rings. The number of nitrogens with one attached hydrogen (secondary N) is 1. The van der Waals surface area contributed by atoms with Gasteiger partial charge in [0.25, 0.3) is 5.91 Å². The lowest BCUT2D eigenvalue weighted by Gasteiger charge is -2.17. The monoisotopic (exact) mass is 486 g/mol. The van der Waals surface area contributed by atoms with E-state index in [1.807, 2.05) is 24.3 Å². The molecular weight excluding hydrogens is 452 g/mol. The van der Waals surface area contributed by atoms with E-state index in [4.69, 9.17) is 9.72 Å². The van der Waals surface area contributed by atoms with Gasteiger partial charge in [-0.05, 0) is 74.6 Å². The number of thiazole rings is 1. The van der Waals surface area contributed by atoms with Crippen molar-refractivity contribution in [3.8, 4) is 16.3 Å². The Morgan fingerprint density at radius 2 is 1.83 bits per heavy atom. The lowest BCUT2D eigenvalue weighted by Crippen LogP contribution is -2.25. The molecule has 0 radical (unpaired) electrons. The van der Waals surface area contributed by atoms with Crippen LogP contribution in [0.4, 0.5) is 0 Å². The van der Waals surface area contributed by atoms with E-state index in [1.165, 1.54) is 11.1 Å². The van der Waals surface area contributed by atoms with Crippen molar-refractivity contribution in [3.63, 3.8) is 0 Å². The van der Waals surface area contributed by atoms with Crippen molar-refractivity contribution in [2.75, 3.05) is 13.7 Å². The van der Waals surface area contributed by atoms with Crippen LogP contribution in [0.2, 0.25) is 0 Å². The maximum Gasteiger partial charge on any atom is 0.251 e. The summed E-state index contributed by atoms with van der Waals surface area (Å²) in [5.41, 5.74) is 7.70. The summed E-state index contributed by atoms with van der Waals surface area (Å²) >= 11 is 1.64. The van der Waals surface area contributed by atoms with E-state index in [1.54, 1.807) is 18.4 Å². The zero-order valence-corrected chi connectivity index (χ0v) is 21.9. The van der Waals surface area contributed by atoms with Gasteiger partial charge >= 0.3 is 0 Å². The topological polar surface area (TPSA) is 51.2 Å².